The van der Waals surface area contributed by atoms with E-state index in [1.54, 1.807) is 45.0 Å². The van der Waals surface area contributed by atoms with Crippen molar-refractivity contribution in [1.82, 2.24) is 0 Å². The van der Waals surface area contributed by atoms with Crippen LogP contribution in [0.5, 0.6) is 34.5 Å². The maximum Gasteiger partial charge on any atom is 1.00 e. The summed E-state index contributed by atoms with van der Waals surface area (Å²) in [5.74, 6) is 2.24. The third-order valence-corrected chi connectivity index (χ3v) is 6.32. The van der Waals surface area contributed by atoms with Crippen molar-refractivity contribution in [2.24, 2.45) is 0 Å². The Labute approximate surface area is 233 Å². The molecule has 0 saturated carbocycles. The van der Waals surface area contributed by atoms with E-state index in [4.69, 9.17) is 42.6 Å². The fraction of sp³-hybridized carbons (Fsp3) is 0.480. The van der Waals surface area contributed by atoms with Gasteiger partial charge in [0, 0.05) is 45.6 Å². The number of ether oxygens (including phenoxy) is 9. The van der Waals surface area contributed by atoms with Gasteiger partial charge in [-0.05, 0) is 29.4 Å². The number of hydrogen-bond donors (Lipinski definition) is 0. The second-order valence-electron chi connectivity index (χ2n) is 7.42. The largest absolute Gasteiger partial charge is 1.00 e. The van der Waals surface area contributed by atoms with Gasteiger partial charge in [0.05, 0.1) is 26.6 Å². The molecule has 0 fully saturated rings. The van der Waals surface area contributed by atoms with Crippen molar-refractivity contribution in [3.05, 3.63) is 29.8 Å². The Kier molecular flexibility index (Phi) is 14.1. The molecule has 0 aliphatic heterocycles. The van der Waals surface area contributed by atoms with Crippen LogP contribution in [0.15, 0.2) is 24.3 Å². The van der Waals surface area contributed by atoms with E-state index in [9.17, 15) is 4.79 Å². The van der Waals surface area contributed by atoms with Gasteiger partial charge in [-0.25, -0.2) is 0 Å². The van der Waals surface area contributed by atoms with Crippen LogP contribution >= 0.6 is 8.58 Å². The molecule has 4 unspecified atom stereocenters. The van der Waals surface area contributed by atoms with Crippen LogP contribution in [0.3, 0.4) is 0 Å². The number of rotatable bonds is 15. The third kappa shape index (κ3) is 8.96. The molecule has 0 N–H and O–H groups in total. The Hall–Kier alpha value is -2.18. The van der Waals surface area contributed by atoms with Crippen LogP contribution in [-0.2, 0) is 14.2 Å². The van der Waals surface area contributed by atoms with E-state index in [0.717, 1.165) is 0 Å². The SMILES string of the molecule is COc1cc(OC)c(C(=O)Pc2c(OC(C)OC)cc(OC(C)OC)cc2OC(C)OC)c(OC)c1.[H-].[Li+]. The summed E-state index contributed by atoms with van der Waals surface area (Å²) < 4.78 is 49.9. The van der Waals surface area contributed by atoms with E-state index in [-0.39, 0.29) is 31.4 Å². The minimum absolute atomic E-state index is 0. The van der Waals surface area contributed by atoms with E-state index in [1.807, 2.05) is 0 Å². The number of benzene rings is 2. The van der Waals surface area contributed by atoms with Crippen LogP contribution < -0.4 is 52.6 Å². The predicted octanol–water partition coefficient (Wildman–Crippen LogP) is 1.09. The maximum absolute atomic E-state index is 13.7. The molecule has 0 amide bonds. The zero-order chi connectivity index (χ0) is 26.8. The van der Waals surface area contributed by atoms with Crippen molar-refractivity contribution in [1.29, 1.82) is 0 Å². The standard InChI is InChI=1S/C25H35O10P.Li.H/c1-14(27-4)33-18-12-21(34-15(2)28-5)24(22(13-18)35-16(3)29-6)36-25(26)23-19(31-8)10-17(30-7)11-20(23)32-9;;/h10-16,36H,1-9H3;;/q;+1;-1. The molecule has 0 saturated heterocycles. The zero-order valence-corrected chi connectivity index (χ0v) is 24.1. The minimum atomic E-state index is -0.614. The van der Waals surface area contributed by atoms with Gasteiger partial charge in [-0.15, -0.1) is 0 Å². The molecule has 12 heteroatoms. The first-order valence-corrected chi connectivity index (χ1v) is 12.1. The molecular weight excluding hydrogens is 498 g/mol. The first kappa shape index (κ1) is 32.8. The molecular formula is C25H36LiO10P. The van der Waals surface area contributed by atoms with Gasteiger partial charge in [-0.3, -0.25) is 4.79 Å². The molecule has 2 aromatic carbocycles. The van der Waals surface area contributed by atoms with E-state index < -0.39 is 27.5 Å². The van der Waals surface area contributed by atoms with Crippen LogP contribution in [0, 0.1) is 0 Å². The summed E-state index contributed by atoms with van der Waals surface area (Å²) in [4.78, 5) is 13.7. The molecule has 0 spiro atoms. The van der Waals surface area contributed by atoms with Crippen LogP contribution in [0.1, 0.15) is 32.6 Å². The number of carbonyl (C=O) groups excluding carboxylic acids is 1. The van der Waals surface area contributed by atoms with E-state index >= 15 is 0 Å². The van der Waals surface area contributed by atoms with Gasteiger partial charge in [-0.2, -0.15) is 0 Å². The Balaban J connectivity index is 0.00000684. The average molecular weight is 534 g/mol. The van der Waals surface area contributed by atoms with Crippen LogP contribution in [0.4, 0.5) is 0 Å². The third-order valence-electron chi connectivity index (χ3n) is 5.10. The second-order valence-corrected chi connectivity index (χ2v) is 8.62. The first-order chi connectivity index (χ1) is 17.2. The number of carbonyl (C=O) groups is 1. The molecule has 2 aromatic rings. The summed E-state index contributed by atoms with van der Waals surface area (Å²) in [5, 5.41) is 0.491. The molecule has 0 aliphatic rings. The summed E-state index contributed by atoms with van der Waals surface area (Å²) in [7, 11) is 8.59. The molecule has 37 heavy (non-hydrogen) atoms. The van der Waals surface area contributed by atoms with Crippen molar-refractivity contribution in [2.75, 3.05) is 42.7 Å². The second kappa shape index (κ2) is 15.9. The molecule has 0 heterocycles. The maximum atomic E-state index is 13.7. The van der Waals surface area contributed by atoms with Gasteiger partial charge in [0.25, 0.3) is 0 Å². The fourth-order valence-corrected chi connectivity index (χ4v) is 4.15. The van der Waals surface area contributed by atoms with Crippen molar-refractivity contribution < 1.29 is 67.7 Å². The predicted molar refractivity (Wildman–Crippen MR) is 137 cm³/mol. The molecule has 0 aromatic heterocycles. The van der Waals surface area contributed by atoms with Crippen molar-refractivity contribution in [3.63, 3.8) is 0 Å². The van der Waals surface area contributed by atoms with Crippen LogP contribution in [-0.4, -0.2) is 67.1 Å². The Morgan fingerprint density at radius 1 is 0.649 bits per heavy atom. The Bertz CT molecular complexity index is 968. The van der Waals surface area contributed by atoms with Gasteiger partial charge < -0.3 is 44.1 Å². The van der Waals surface area contributed by atoms with Gasteiger partial charge in [0.15, 0.2) is 24.4 Å². The molecule has 2 rings (SSSR count). The average Bonchev–Trinajstić information content (AvgIpc) is 2.88. The smallest absolute Gasteiger partial charge is 1.00 e. The van der Waals surface area contributed by atoms with E-state index in [1.165, 1.54) is 42.7 Å². The molecule has 10 nitrogen and oxygen atoms in total. The van der Waals surface area contributed by atoms with Crippen LogP contribution in [0.2, 0.25) is 0 Å². The summed E-state index contributed by atoms with van der Waals surface area (Å²) in [6.07, 6.45) is -1.76. The molecule has 0 bridgehead atoms. The Morgan fingerprint density at radius 3 is 1.43 bits per heavy atom. The minimum Gasteiger partial charge on any atom is -1.00 e. The summed E-state index contributed by atoms with van der Waals surface area (Å²) in [5.41, 5.74) is -0.000865. The molecule has 0 aliphatic carbocycles. The fourth-order valence-electron chi connectivity index (χ4n) is 3.04. The van der Waals surface area contributed by atoms with Crippen LogP contribution in [0.25, 0.3) is 0 Å². The summed E-state index contributed by atoms with van der Waals surface area (Å²) in [6, 6.07) is 6.57. The number of methoxy groups -OCH3 is 6. The molecule has 0 radical (unpaired) electrons. The Morgan fingerprint density at radius 2 is 1.05 bits per heavy atom. The number of hydrogen-bond acceptors (Lipinski definition) is 10. The summed E-state index contributed by atoms with van der Waals surface area (Å²) in [6.45, 7) is 5.21. The zero-order valence-electron chi connectivity index (χ0n) is 24.1. The monoisotopic (exact) mass is 534 g/mol. The molecule has 4 atom stereocenters. The van der Waals surface area contributed by atoms with Crippen molar-refractivity contribution >= 4 is 19.4 Å². The van der Waals surface area contributed by atoms with Gasteiger partial charge in [0.2, 0.25) is 0 Å². The molecule has 202 valence electrons. The normalized spacial score (nSPS) is 13.3. The van der Waals surface area contributed by atoms with Crippen molar-refractivity contribution in [3.8, 4) is 34.5 Å². The quantitative estimate of drug-likeness (QED) is 0.188. The summed E-state index contributed by atoms with van der Waals surface area (Å²) >= 11 is 0. The van der Waals surface area contributed by atoms with Gasteiger partial charge in [0.1, 0.15) is 40.1 Å². The van der Waals surface area contributed by atoms with Gasteiger partial charge >= 0.3 is 18.9 Å². The van der Waals surface area contributed by atoms with Gasteiger partial charge in [-0.1, -0.05) is 0 Å². The van der Waals surface area contributed by atoms with E-state index in [2.05, 4.69) is 0 Å². The van der Waals surface area contributed by atoms with E-state index in [0.29, 0.717) is 39.8 Å². The first-order valence-electron chi connectivity index (χ1n) is 11.1. The topological polar surface area (TPSA) is 100 Å². The van der Waals surface area contributed by atoms with Crippen molar-refractivity contribution in [2.45, 2.75) is 39.6 Å².